The van der Waals surface area contributed by atoms with E-state index in [0.717, 1.165) is 0 Å². The van der Waals surface area contributed by atoms with Crippen LogP contribution in [0, 0.1) is 0 Å². The molecule has 4 rings (SSSR count). The van der Waals surface area contributed by atoms with Crippen molar-refractivity contribution in [3.8, 4) is 0 Å². The molecule has 0 atom stereocenters. The van der Waals surface area contributed by atoms with E-state index in [0.29, 0.717) is 32.7 Å². The Morgan fingerprint density at radius 2 is 0.857 bits per heavy atom. The van der Waals surface area contributed by atoms with E-state index in [2.05, 4.69) is 0 Å². The van der Waals surface area contributed by atoms with E-state index in [1.54, 1.807) is 60.7 Å². The third kappa shape index (κ3) is 4.29. The monoisotopic (exact) mass is 472 g/mol. The van der Waals surface area contributed by atoms with Crippen molar-refractivity contribution >= 4 is 45.4 Å². The largest absolute Gasteiger partial charge is 0.478 e. The fourth-order valence-electron chi connectivity index (χ4n) is 4.61. The number of fused-ring (bicyclic) bond motifs is 2. The Balaban J connectivity index is 1.77. The fraction of sp³-hybridized carbons (Fsp3) is 0.111. The zero-order valence-electron chi connectivity index (χ0n) is 18.3. The van der Waals surface area contributed by atoms with Gasteiger partial charge in [0.15, 0.2) is 0 Å². The first-order valence-electron chi connectivity index (χ1n) is 10.7. The quantitative estimate of drug-likeness (QED) is 0.281. The number of aromatic carboxylic acids is 4. The van der Waals surface area contributed by atoms with Gasteiger partial charge < -0.3 is 20.4 Å². The van der Waals surface area contributed by atoms with Crippen molar-refractivity contribution in [3.63, 3.8) is 0 Å². The van der Waals surface area contributed by atoms with E-state index in [1.165, 1.54) is 0 Å². The van der Waals surface area contributed by atoms with Crippen LogP contribution in [0.15, 0.2) is 60.7 Å². The second-order valence-electron chi connectivity index (χ2n) is 8.09. The predicted octanol–water partition coefficient (Wildman–Crippen LogP) is 4.96. The molecule has 8 nitrogen and oxygen atoms in total. The summed E-state index contributed by atoms with van der Waals surface area (Å²) in [5, 5.41) is 40.9. The number of benzene rings is 4. The molecule has 0 aliphatic carbocycles. The summed E-state index contributed by atoms with van der Waals surface area (Å²) >= 11 is 0. The van der Waals surface area contributed by atoms with Crippen molar-refractivity contribution in [1.29, 1.82) is 0 Å². The zero-order chi connectivity index (χ0) is 25.3. The molecule has 0 spiro atoms. The summed E-state index contributed by atoms with van der Waals surface area (Å²) < 4.78 is 0. The first-order valence-corrected chi connectivity index (χ1v) is 10.7. The molecule has 0 amide bonds. The number of hydrogen-bond acceptors (Lipinski definition) is 4. The van der Waals surface area contributed by atoms with Crippen molar-refractivity contribution in [2.24, 2.45) is 0 Å². The Morgan fingerprint density at radius 1 is 0.514 bits per heavy atom. The Kier molecular flexibility index (Phi) is 6.20. The Hall–Kier alpha value is -4.72. The van der Waals surface area contributed by atoms with Gasteiger partial charge in [-0.25, -0.2) is 19.2 Å². The molecule has 8 heteroatoms. The molecule has 176 valence electrons. The summed E-state index contributed by atoms with van der Waals surface area (Å²) in [4.78, 5) is 48.0. The van der Waals surface area contributed by atoms with Crippen LogP contribution in [0.5, 0.6) is 0 Å². The molecular formula is C27H20O8. The molecule has 0 heterocycles. The number of hydrogen-bond donors (Lipinski definition) is 4. The number of rotatable bonds is 8. The summed E-state index contributed by atoms with van der Waals surface area (Å²) in [6.07, 6.45) is 0.581. The molecule has 0 aromatic heterocycles. The highest BCUT2D eigenvalue weighted by Gasteiger charge is 2.25. The lowest BCUT2D eigenvalue weighted by Gasteiger charge is -2.15. The van der Waals surface area contributed by atoms with Crippen molar-refractivity contribution in [1.82, 2.24) is 0 Å². The van der Waals surface area contributed by atoms with E-state index in [-0.39, 0.29) is 41.5 Å². The van der Waals surface area contributed by atoms with Crippen molar-refractivity contribution in [2.45, 2.75) is 19.3 Å². The van der Waals surface area contributed by atoms with Crippen LogP contribution >= 0.6 is 0 Å². The lowest BCUT2D eigenvalue weighted by atomic mass is 9.89. The molecule has 0 unspecified atom stereocenters. The van der Waals surface area contributed by atoms with Crippen LogP contribution in [0.25, 0.3) is 21.5 Å². The molecule has 0 fully saturated rings. The maximum Gasteiger partial charge on any atom is 0.337 e. The van der Waals surface area contributed by atoms with Gasteiger partial charge in [-0.3, -0.25) is 0 Å². The highest BCUT2D eigenvalue weighted by molar-refractivity contribution is 6.13. The highest BCUT2D eigenvalue weighted by atomic mass is 16.4. The first kappa shape index (κ1) is 23.4. The van der Waals surface area contributed by atoms with Gasteiger partial charge in [0.25, 0.3) is 0 Å². The van der Waals surface area contributed by atoms with Crippen LogP contribution in [0.4, 0.5) is 0 Å². The summed E-state index contributed by atoms with van der Waals surface area (Å²) in [7, 11) is 0. The van der Waals surface area contributed by atoms with E-state index in [1.807, 2.05) is 0 Å². The molecule has 0 bridgehead atoms. The SMILES string of the molecule is O=C(O)c1c(CCCc2cc3ccccc3c(C(=O)O)c2C(=O)O)cc2ccccc2c1C(=O)O. The van der Waals surface area contributed by atoms with Gasteiger partial charge >= 0.3 is 23.9 Å². The number of carboxylic acids is 4. The van der Waals surface area contributed by atoms with Crippen molar-refractivity contribution in [3.05, 3.63) is 94.0 Å². The van der Waals surface area contributed by atoms with Crippen molar-refractivity contribution in [2.75, 3.05) is 0 Å². The van der Waals surface area contributed by atoms with Crippen LogP contribution in [-0.2, 0) is 12.8 Å². The minimum Gasteiger partial charge on any atom is -0.478 e. The summed E-state index contributed by atoms with van der Waals surface area (Å²) in [6, 6.07) is 16.5. The Labute approximate surface area is 198 Å². The predicted molar refractivity (Wildman–Crippen MR) is 128 cm³/mol. The van der Waals surface area contributed by atoms with Gasteiger partial charge in [0.2, 0.25) is 0 Å². The van der Waals surface area contributed by atoms with Crippen molar-refractivity contribution < 1.29 is 39.6 Å². The minimum absolute atomic E-state index is 0.154. The van der Waals surface area contributed by atoms with Gasteiger partial charge in [0.05, 0.1) is 22.3 Å². The molecule has 0 saturated carbocycles. The molecular weight excluding hydrogens is 452 g/mol. The van der Waals surface area contributed by atoms with Crippen LogP contribution in [0.2, 0.25) is 0 Å². The van der Waals surface area contributed by atoms with Crippen LogP contribution in [0.3, 0.4) is 0 Å². The molecule has 0 saturated heterocycles. The molecule has 0 aliphatic rings. The van der Waals surface area contributed by atoms with Gasteiger partial charge in [-0.15, -0.1) is 0 Å². The molecule has 0 radical (unpaired) electrons. The van der Waals surface area contributed by atoms with E-state index in [9.17, 15) is 39.6 Å². The van der Waals surface area contributed by atoms with E-state index in [4.69, 9.17) is 0 Å². The highest BCUT2D eigenvalue weighted by Crippen LogP contribution is 2.30. The number of aryl methyl sites for hydroxylation is 2. The zero-order valence-corrected chi connectivity index (χ0v) is 18.3. The third-order valence-corrected chi connectivity index (χ3v) is 6.01. The van der Waals surface area contributed by atoms with Gasteiger partial charge in [-0.05, 0) is 51.9 Å². The topological polar surface area (TPSA) is 149 Å². The molecule has 4 N–H and O–H groups in total. The van der Waals surface area contributed by atoms with Gasteiger partial charge in [-0.2, -0.15) is 0 Å². The Morgan fingerprint density at radius 3 is 1.20 bits per heavy atom. The summed E-state index contributed by atoms with van der Waals surface area (Å²) in [6.45, 7) is 0. The van der Waals surface area contributed by atoms with Gasteiger partial charge in [-0.1, -0.05) is 60.7 Å². The number of carbonyl (C=O) groups is 4. The van der Waals surface area contributed by atoms with Crippen LogP contribution < -0.4 is 0 Å². The first-order chi connectivity index (χ1) is 16.7. The maximum atomic E-state index is 12.0. The lowest BCUT2D eigenvalue weighted by molar-refractivity contribution is 0.0652. The average Bonchev–Trinajstić information content (AvgIpc) is 2.81. The van der Waals surface area contributed by atoms with Gasteiger partial charge in [0, 0.05) is 0 Å². The summed E-state index contributed by atoms with van der Waals surface area (Å²) in [5.74, 6) is -5.44. The maximum absolute atomic E-state index is 12.0. The smallest absolute Gasteiger partial charge is 0.337 e. The molecule has 4 aromatic carbocycles. The average molecular weight is 472 g/mol. The second kappa shape index (κ2) is 9.26. The van der Waals surface area contributed by atoms with Crippen LogP contribution in [-0.4, -0.2) is 44.3 Å². The Bertz CT molecular complexity index is 1420. The van der Waals surface area contributed by atoms with Crippen LogP contribution in [0.1, 0.15) is 59.0 Å². The number of carboxylic acid groups (broad SMARTS) is 4. The standard InChI is InChI=1S/C27H20O8/c28-24(29)20-16(12-14-6-1-3-10-18(14)22(20)26(32)33)8-5-9-17-13-15-7-2-4-11-19(15)23(27(34)35)21(17)25(30)31/h1-4,6-7,10-13H,5,8-9H2,(H,28,29)(H,30,31)(H,32,33)(H,34,35). The normalized spacial score (nSPS) is 11.0. The molecule has 0 aliphatic heterocycles. The van der Waals surface area contributed by atoms with Gasteiger partial charge in [0.1, 0.15) is 0 Å². The minimum atomic E-state index is -1.37. The summed E-state index contributed by atoms with van der Waals surface area (Å²) in [5.41, 5.74) is -0.584. The third-order valence-electron chi connectivity index (χ3n) is 6.01. The second-order valence-corrected chi connectivity index (χ2v) is 8.09. The lowest BCUT2D eigenvalue weighted by Crippen LogP contribution is -2.14. The van der Waals surface area contributed by atoms with E-state index >= 15 is 0 Å². The van der Waals surface area contributed by atoms with E-state index < -0.39 is 23.9 Å². The fourth-order valence-corrected chi connectivity index (χ4v) is 4.61. The molecule has 4 aromatic rings. The molecule has 35 heavy (non-hydrogen) atoms.